The van der Waals surface area contributed by atoms with E-state index in [2.05, 4.69) is 57.1 Å². The van der Waals surface area contributed by atoms with Crippen LogP contribution >= 0.6 is 0 Å². The predicted molar refractivity (Wildman–Crippen MR) is 83.7 cm³/mol. The Morgan fingerprint density at radius 3 is 2.58 bits per heavy atom. The van der Waals surface area contributed by atoms with Crippen LogP contribution in [0, 0.1) is 5.92 Å². The molecule has 0 fully saturated rings. The molecule has 3 nitrogen and oxygen atoms in total. The van der Waals surface area contributed by atoms with E-state index in [1.54, 1.807) is 0 Å². The Hall–Kier alpha value is -1.09. The highest BCUT2D eigenvalue weighted by Crippen LogP contribution is 2.16. The molecule has 0 aromatic carbocycles. The topological polar surface area (TPSA) is 28.2 Å². The summed E-state index contributed by atoms with van der Waals surface area (Å²) in [6.07, 6.45) is 2.20. The maximum Gasteiger partial charge on any atom is 0.128 e. The van der Waals surface area contributed by atoms with Crippen molar-refractivity contribution in [3.63, 3.8) is 0 Å². The molecule has 1 rings (SSSR count). The Morgan fingerprint density at radius 1 is 1.26 bits per heavy atom. The predicted octanol–water partition coefficient (Wildman–Crippen LogP) is 3.24. The molecule has 0 aliphatic heterocycles. The van der Waals surface area contributed by atoms with Crippen LogP contribution in [0.3, 0.4) is 0 Å². The monoisotopic (exact) mass is 263 g/mol. The molecule has 1 aromatic rings. The lowest BCUT2D eigenvalue weighted by Crippen LogP contribution is -2.25. The number of aromatic nitrogens is 1. The van der Waals surface area contributed by atoms with Gasteiger partial charge in [-0.1, -0.05) is 34.1 Å². The molecule has 0 saturated heterocycles. The smallest absolute Gasteiger partial charge is 0.128 e. The summed E-state index contributed by atoms with van der Waals surface area (Å²) in [5, 5.41) is 3.39. The lowest BCUT2D eigenvalue weighted by molar-refractivity contribution is 0.557. The van der Waals surface area contributed by atoms with Gasteiger partial charge in [-0.3, -0.25) is 0 Å². The van der Waals surface area contributed by atoms with Crippen molar-refractivity contribution in [1.82, 2.24) is 10.3 Å². The minimum atomic E-state index is 0.703. The van der Waals surface area contributed by atoms with E-state index >= 15 is 0 Å². The van der Waals surface area contributed by atoms with Gasteiger partial charge in [0.2, 0.25) is 0 Å². The summed E-state index contributed by atoms with van der Waals surface area (Å²) in [6, 6.07) is 4.42. The molecule has 0 aliphatic carbocycles. The fourth-order valence-electron chi connectivity index (χ4n) is 2.07. The number of nitrogens with one attached hydrogen (secondary N) is 1. The molecule has 0 aliphatic rings. The van der Waals surface area contributed by atoms with Gasteiger partial charge >= 0.3 is 0 Å². The molecule has 19 heavy (non-hydrogen) atoms. The molecule has 1 aromatic heterocycles. The van der Waals surface area contributed by atoms with Gasteiger partial charge in [0, 0.05) is 25.8 Å². The summed E-state index contributed by atoms with van der Waals surface area (Å²) >= 11 is 0. The van der Waals surface area contributed by atoms with Crippen molar-refractivity contribution in [3.8, 4) is 0 Å². The summed E-state index contributed by atoms with van der Waals surface area (Å²) in [4.78, 5) is 7.03. The van der Waals surface area contributed by atoms with E-state index in [4.69, 9.17) is 4.98 Å². The van der Waals surface area contributed by atoms with Crippen molar-refractivity contribution >= 4 is 5.82 Å². The zero-order chi connectivity index (χ0) is 14.3. The standard InChI is InChI=1S/C16H29N3/c1-6-13(4)12-19(5)16-10-14(11-17-8-3)9-15(7-2)18-16/h9-10,13,17H,6-8,11-12H2,1-5H3. The van der Waals surface area contributed by atoms with Crippen molar-refractivity contribution in [2.45, 2.75) is 47.1 Å². The van der Waals surface area contributed by atoms with Crippen LogP contribution in [0.5, 0.6) is 0 Å². The molecule has 0 radical (unpaired) electrons. The lowest BCUT2D eigenvalue weighted by Gasteiger charge is -2.23. The van der Waals surface area contributed by atoms with Gasteiger partial charge in [0.1, 0.15) is 5.82 Å². The van der Waals surface area contributed by atoms with E-state index in [1.807, 2.05) is 0 Å². The Labute approximate surface area is 118 Å². The first-order chi connectivity index (χ1) is 9.10. The van der Waals surface area contributed by atoms with E-state index in [0.717, 1.165) is 31.9 Å². The van der Waals surface area contributed by atoms with E-state index < -0.39 is 0 Å². The van der Waals surface area contributed by atoms with E-state index in [1.165, 1.54) is 17.7 Å². The highest BCUT2D eigenvalue weighted by atomic mass is 15.2. The SMILES string of the molecule is CCNCc1cc(CC)nc(N(C)CC(C)CC)c1. The van der Waals surface area contributed by atoms with Gasteiger partial charge in [-0.05, 0) is 36.6 Å². The Kier molecular flexibility index (Phi) is 6.85. The third-order valence-electron chi connectivity index (χ3n) is 3.54. The second-order valence-electron chi connectivity index (χ2n) is 5.35. The lowest BCUT2D eigenvalue weighted by atomic mass is 10.1. The number of nitrogens with zero attached hydrogens (tertiary/aromatic N) is 2. The van der Waals surface area contributed by atoms with Gasteiger partial charge in [-0.2, -0.15) is 0 Å². The number of pyridine rings is 1. The molecule has 1 N–H and O–H groups in total. The summed E-state index contributed by atoms with van der Waals surface area (Å²) in [6.45, 7) is 11.8. The van der Waals surface area contributed by atoms with Crippen LogP contribution in [-0.2, 0) is 13.0 Å². The van der Waals surface area contributed by atoms with Crippen LogP contribution in [0.1, 0.15) is 45.4 Å². The average Bonchev–Trinajstić information content (AvgIpc) is 2.44. The molecular formula is C16H29N3. The first-order valence-electron chi connectivity index (χ1n) is 7.52. The number of aryl methyl sites for hydroxylation is 1. The van der Waals surface area contributed by atoms with Crippen molar-refractivity contribution in [1.29, 1.82) is 0 Å². The Bertz CT molecular complexity index is 376. The normalized spacial score (nSPS) is 12.5. The maximum absolute atomic E-state index is 4.75. The largest absolute Gasteiger partial charge is 0.359 e. The molecule has 0 amide bonds. The zero-order valence-corrected chi connectivity index (χ0v) is 13.2. The Morgan fingerprint density at radius 2 is 2.00 bits per heavy atom. The van der Waals surface area contributed by atoms with Gasteiger partial charge in [-0.25, -0.2) is 4.98 Å². The van der Waals surface area contributed by atoms with Crippen LogP contribution in [-0.4, -0.2) is 25.1 Å². The summed E-state index contributed by atoms with van der Waals surface area (Å²) < 4.78 is 0. The zero-order valence-electron chi connectivity index (χ0n) is 13.2. The first kappa shape index (κ1) is 16.0. The minimum absolute atomic E-state index is 0.703. The first-order valence-corrected chi connectivity index (χ1v) is 7.52. The molecule has 1 heterocycles. The second-order valence-corrected chi connectivity index (χ2v) is 5.35. The van der Waals surface area contributed by atoms with Crippen molar-refractivity contribution < 1.29 is 0 Å². The van der Waals surface area contributed by atoms with Crippen molar-refractivity contribution in [3.05, 3.63) is 23.4 Å². The van der Waals surface area contributed by atoms with E-state index in [-0.39, 0.29) is 0 Å². The van der Waals surface area contributed by atoms with Gasteiger partial charge < -0.3 is 10.2 Å². The van der Waals surface area contributed by atoms with Crippen LogP contribution in [0.15, 0.2) is 12.1 Å². The van der Waals surface area contributed by atoms with Gasteiger partial charge in [0.25, 0.3) is 0 Å². The minimum Gasteiger partial charge on any atom is -0.359 e. The number of hydrogen-bond acceptors (Lipinski definition) is 3. The summed E-state index contributed by atoms with van der Waals surface area (Å²) in [5.74, 6) is 1.81. The molecular weight excluding hydrogens is 234 g/mol. The third-order valence-corrected chi connectivity index (χ3v) is 3.54. The fourth-order valence-corrected chi connectivity index (χ4v) is 2.07. The van der Waals surface area contributed by atoms with Gasteiger partial charge in [0.05, 0.1) is 0 Å². The highest BCUT2D eigenvalue weighted by molar-refractivity contribution is 5.42. The molecule has 108 valence electrons. The number of anilines is 1. The molecule has 3 heteroatoms. The molecule has 0 bridgehead atoms. The number of rotatable bonds is 8. The molecule has 1 unspecified atom stereocenters. The van der Waals surface area contributed by atoms with Crippen molar-refractivity contribution in [2.24, 2.45) is 5.92 Å². The van der Waals surface area contributed by atoms with Crippen LogP contribution in [0.25, 0.3) is 0 Å². The molecule has 0 spiro atoms. The van der Waals surface area contributed by atoms with E-state index in [9.17, 15) is 0 Å². The summed E-state index contributed by atoms with van der Waals surface area (Å²) in [7, 11) is 2.14. The van der Waals surface area contributed by atoms with Crippen LogP contribution in [0.2, 0.25) is 0 Å². The second kappa shape index (κ2) is 8.16. The number of hydrogen-bond donors (Lipinski definition) is 1. The van der Waals surface area contributed by atoms with E-state index in [0.29, 0.717) is 5.92 Å². The quantitative estimate of drug-likeness (QED) is 0.780. The highest BCUT2D eigenvalue weighted by Gasteiger charge is 2.09. The Balaban J connectivity index is 2.85. The molecule has 0 saturated carbocycles. The van der Waals surface area contributed by atoms with Crippen LogP contribution in [0.4, 0.5) is 5.82 Å². The maximum atomic E-state index is 4.75. The fraction of sp³-hybridized carbons (Fsp3) is 0.688. The molecule has 1 atom stereocenters. The van der Waals surface area contributed by atoms with Crippen molar-refractivity contribution in [2.75, 3.05) is 25.0 Å². The van der Waals surface area contributed by atoms with Gasteiger partial charge in [0.15, 0.2) is 0 Å². The average molecular weight is 263 g/mol. The van der Waals surface area contributed by atoms with Crippen LogP contribution < -0.4 is 10.2 Å². The van der Waals surface area contributed by atoms with Gasteiger partial charge in [-0.15, -0.1) is 0 Å². The summed E-state index contributed by atoms with van der Waals surface area (Å²) in [5.41, 5.74) is 2.51. The third kappa shape index (κ3) is 5.19.